The maximum absolute atomic E-state index is 13.9. The van der Waals surface area contributed by atoms with Crippen molar-refractivity contribution in [2.45, 2.75) is 64.3 Å². The van der Waals surface area contributed by atoms with Gasteiger partial charge in [0.05, 0.1) is 31.2 Å². The second kappa shape index (κ2) is 12.1. The van der Waals surface area contributed by atoms with Crippen LogP contribution in [0.1, 0.15) is 56.1 Å². The van der Waals surface area contributed by atoms with E-state index in [0.29, 0.717) is 24.5 Å². The SMILES string of the molecule is C/C(=C\c1ccc(CO)o1)CC[C@H]1OC[C@H]2C1=C(CO)C[C@H]1C(=O)N(C3CCN(Cc4ccccc4)CC3)C(=O)[C@H]12. The standard InChI is InChI=1S/C33H40N2O6/c1-21(15-25-8-9-26(19-37)41-25)7-10-29-30-23(18-36)16-27-31(28(30)20-40-29)33(39)35(32(27)38)24-11-13-34(14-12-24)17-22-5-3-2-4-6-22/h2-6,8-9,15,24,27-29,31,36-37H,7,10-14,16-20H2,1H3/b21-15+/t27-,28+,29-,31-/m1/s1. The maximum atomic E-state index is 13.9. The molecule has 41 heavy (non-hydrogen) atoms. The first-order valence-corrected chi connectivity index (χ1v) is 14.9. The first kappa shape index (κ1) is 28.1. The second-order valence-electron chi connectivity index (χ2n) is 12.0. The highest BCUT2D eigenvalue weighted by molar-refractivity contribution is 6.06. The molecule has 8 heteroatoms. The molecular weight excluding hydrogens is 520 g/mol. The van der Waals surface area contributed by atoms with Gasteiger partial charge in [-0.05, 0) is 73.9 Å². The summed E-state index contributed by atoms with van der Waals surface area (Å²) in [6.07, 6.45) is 5.31. The normalized spacial score (nSPS) is 27.6. The van der Waals surface area contributed by atoms with Crippen LogP contribution in [0.15, 0.2) is 63.6 Å². The summed E-state index contributed by atoms with van der Waals surface area (Å²) in [5.41, 5.74) is 4.31. The molecule has 4 aliphatic rings. The van der Waals surface area contributed by atoms with Crippen molar-refractivity contribution in [2.24, 2.45) is 17.8 Å². The van der Waals surface area contributed by atoms with E-state index in [1.54, 1.807) is 11.0 Å². The van der Waals surface area contributed by atoms with Gasteiger partial charge >= 0.3 is 0 Å². The number of imide groups is 1. The van der Waals surface area contributed by atoms with Crippen molar-refractivity contribution >= 4 is 17.9 Å². The molecule has 2 amide bonds. The highest BCUT2D eigenvalue weighted by Crippen LogP contribution is 2.50. The third-order valence-corrected chi connectivity index (χ3v) is 9.43. The Morgan fingerprint density at radius 2 is 1.78 bits per heavy atom. The van der Waals surface area contributed by atoms with Crippen LogP contribution in [0, 0.1) is 17.8 Å². The van der Waals surface area contributed by atoms with Gasteiger partial charge in [0.15, 0.2) is 0 Å². The number of piperidine rings is 1. The molecular formula is C33H40N2O6. The number of amides is 2. The first-order chi connectivity index (χ1) is 20.0. The highest BCUT2D eigenvalue weighted by atomic mass is 16.5. The fourth-order valence-electron chi connectivity index (χ4n) is 7.41. The van der Waals surface area contributed by atoms with Gasteiger partial charge in [0.25, 0.3) is 0 Å². The molecule has 1 aromatic heterocycles. The zero-order valence-electron chi connectivity index (χ0n) is 23.7. The van der Waals surface area contributed by atoms with E-state index in [1.807, 2.05) is 25.1 Å². The summed E-state index contributed by atoms with van der Waals surface area (Å²) in [4.78, 5) is 31.6. The molecule has 1 aliphatic carbocycles. The van der Waals surface area contributed by atoms with Gasteiger partial charge in [-0.25, -0.2) is 0 Å². The van der Waals surface area contributed by atoms with Crippen LogP contribution >= 0.6 is 0 Å². The van der Waals surface area contributed by atoms with Gasteiger partial charge in [0.1, 0.15) is 18.1 Å². The fourth-order valence-corrected chi connectivity index (χ4v) is 7.41. The minimum atomic E-state index is -0.399. The molecule has 4 heterocycles. The van der Waals surface area contributed by atoms with Crippen molar-refractivity contribution in [3.63, 3.8) is 0 Å². The summed E-state index contributed by atoms with van der Waals surface area (Å²) in [5.74, 6) is 0.188. The third-order valence-electron chi connectivity index (χ3n) is 9.43. The van der Waals surface area contributed by atoms with E-state index in [2.05, 4.69) is 29.2 Å². The van der Waals surface area contributed by atoms with Gasteiger partial charge in [-0.3, -0.25) is 19.4 Å². The number of hydrogen-bond donors (Lipinski definition) is 2. The van der Waals surface area contributed by atoms with Gasteiger partial charge in [0.2, 0.25) is 11.8 Å². The van der Waals surface area contributed by atoms with Crippen LogP contribution in [-0.4, -0.2) is 70.3 Å². The lowest BCUT2D eigenvalue weighted by atomic mass is 9.69. The molecule has 4 atom stereocenters. The lowest BCUT2D eigenvalue weighted by molar-refractivity contribution is -0.144. The number of nitrogens with zero attached hydrogens (tertiary/aromatic N) is 2. The van der Waals surface area contributed by atoms with Gasteiger partial charge in [-0.2, -0.15) is 0 Å². The topological polar surface area (TPSA) is 103 Å². The smallest absolute Gasteiger partial charge is 0.234 e. The Morgan fingerprint density at radius 1 is 1.00 bits per heavy atom. The molecule has 8 nitrogen and oxygen atoms in total. The molecule has 3 aliphatic heterocycles. The van der Waals surface area contributed by atoms with E-state index < -0.39 is 11.8 Å². The Balaban J connectivity index is 1.11. The third kappa shape index (κ3) is 5.58. The van der Waals surface area contributed by atoms with E-state index >= 15 is 0 Å². The number of benzene rings is 1. The zero-order valence-corrected chi connectivity index (χ0v) is 23.7. The number of aliphatic hydroxyl groups excluding tert-OH is 2. The van der Waals surface area contributed by atoms with E-state index in [0.717, 1.165) is 62.0 Å². The number of ether oxygens (including phenoxy) is 1. The van der Waals surface area contributed by atoms with Gasteiger partial charge < -0.3 is 19.4 Å². The average molecular weight is 561 g/mol. The Labute approximate surface area is 241 Å². The molecule has 3 saturated heterocycles. The molecule has 2 aromatic rings. The van der Waals surface area contributed by atoms with Crippen LogP contribution < -0.4 is 0 Å². The lowest BCUT2D eigenvalue weighted by Crippen LogP contribution is -2.47. The van der Waals surface area contributed by atoms with E-state index in [-0.39, 0.29) is 43.1 Å². The van der Waals surface area contributed by atoms with Crippen molar-refractivity contribution in [3.05, 3.63) is 76.3 Å². The van der Waals surface area contributed by atoms with Gasteiger partial charge in [-0.1, -0.05) is 35.9 Å². The molecule has 0 bridgehead atoms. The van der Waals surface area contributed by atoms with Crippen molar-refractivity contribution in [1.82, 2.24) is 9.80 Å². The molecule has 3 fully saturated rings. The Hall–Kier alpha value is -3.04. The summed E-state index contributed by atoms with van der Waals surface area (Å²) in [6.45, 7) is 4.81. The summed E-state index contributed by atoms with van der Waals surface area (Å²) < 4.78 is 11.8. The quantitative estimate of drug-likeness (QED) is 0.354. The number of likely N-dealkylation sites (tertiary alicyclic amines) is 2. The number of aliphatic hydroxyl groups is 2. The molecule has 0 unspecified atom stereocenters. The molecule has 1 aromatic carbocycles. The predicted octanol–water partition coefficient (Wildman–Crippen LogP) is 3.93. The van der Waals surface area contributed by atoms with Crippen LogP contribution in [0.4, 0.5) is 0 Å². The number of carbonyl (C=O) groups is 2. The number of carbonyl (C=O) groups excluding carboxylic acids is 2. The largest absolute Gasteiger partial charge is 0.459 e. The summed E-state index contributed by atoms with van der Waals surface area (Å²) >= 11 is 0. The van der Waals surface area contributed by atoms with Crippen molar-refractivity contribution in [2.75, 3.05) is 26.3 Å². The predicted molar refractivity (Wildman–Crippen MR) is 153 cm³/mol. The summed E-state index contributed by atoms with van der Waals surface area (Å²) in [5, 5.41) is 19.6. The number of rotatable bonds is 9. The van der Waals surface area contributed by atoms with E-state index in [4.69, 9.17) is 9.15 Å². The Bertz CT molecular complexity index is 1320. The molecule has 2 N–H and O–H groups in total. The molecule has 0 saturated carbocycles. The summed E-state index contributed by atoms with van der Waals surface area (Å²) in [7, 11) is 0. The summed E-state index contributed by atoms with van der Waals surface area (Å²) in [6, 6.07) is 13.9. The second-order valence-corrected chi connectivity index (χ2v) is 12.0. The number of fused-ring (bicyclic) bond motifs is 3. The first-order valence-electron chi connectivity index (χ1n) is 14.9. The van der Waals surface area contributed by atoms with Crippen LogP contribution in [0.5, 0.6) is 0 Å². The van der Waals surface area contributed by atoms with Gasteiger partial charge in [0, 0.05) is 31.6 Å². The molecule has 6 rings (SSSR count). The van der Waals surface area contributed by atoms with Gasteiger partial charge in [-0.15, -0.1) is 0 Å². The van der Waals surface area contributed by atoms with Crippen LogP contribution in [-0.2, 0) is 27.5 Å². The Morgan fingerprint density at radius 3 is 2.49 bits per heavy atom. The minimum Gasteiger partial charge on any atom is -0.459 e. The maximum Gasteiger partial charge on any atom is 0.234 e. The monoisotopic (exact) mass is 560 g/mol. The molecule has 0 spiro atoms. The van der Waals surface area contributed by atoms with Crippen LogP contribution in [0.25, 0.3) is 6.08 Å². The minimum absolute atomic E-state index is 0.0427. The van der Waals surface area contributed by atoms with Crippen molar-refractivity contribution < 1.29 is 29.0 Å². The lowest BCUT2D eigenvalue weighted by Gasteiger charge is -2.36. The highest BCUT2D eigenvalue weighted by Gasteiger charge is 2.58. The van der Waals surface area contributed by atoms with Crippen molar-refractivity contribution in [3.8, 4) is 0 Å². The fraction of sp³-hybridized carbons (Fsp3) is 0.515. The van der Waals surface area contributed by atoms with E-state index in [9.17, 15) is 19.8 Å². The number of hydrogen-bond acceptors (Lipinski definition) is 7. The van der Waals surface area contributed by atoms with E-state index in [1.165, 1.54) is 5.56 Å². The number of allylic oxidation sites excluding steroid dienone is 1. The van der Waals surface area contributed by atoms with Crippen LogP contribution in [0.3, 0.4) is 0 Å². The zero-order chi connectivity index (χ0) is 28.5. The van der Waals surface area contributed by atoms with Crippen LogP contribution in [0.2, 0.25) is 0 Å². The van der Waals surface area contributed by atoms with Crippen molar-refractivity contribution in [1.29, 1.82) is 0 Å². The molecule has 218 valence electrons. The average Bonchev–Trinajstić information content (AvgIpc) is 3.69. The number of furan rings is 1. The Kier molecular flexibility index (Phi) is 8.26. The molecule has 0 radical (unpaired) electrons.